The molecule has 372 valence electrons. The van der Waals surface area contributed by atoms with E-state index in [-0.39, 0.29) is 15.8 Å². The molecule has 0 saturated heterocycles. The Morgan fingerprint density at radius 2 is 0.544 bits per heavy atom. The average molecular weight is 953 g/mol. The maximum absolute atomic E-state index is 2.56. The van der Waals surface area contributed by atoms with Crippen molar-refractivity contribution in [2.75, 3.05) is 0 Å². The maximum atomic E-state index is 2.56. The first-order valence-corrected chi connectivity index (χ1v) is 31.8. The van der Waals surface area contributed by atoms with Gasteiger partial charge in [0.2, 0.25) is 0 Å². The molecule has 0 aromatic heterocycles. The van der Waals surface area contributed by atoms with Crippen LogP contribution in [0.3, 0.4) is 0 Å². The van der Waals surface area contributed by atoms with Gasteiger partial charge in [-0.1, -0.05) is 249 Å². The van der Waals surface area contributed by atoms with Gasteiger partial charge in [0.05, 0.1) is 0 Å². The predicted molar refractivity (Wildman–Crippen MR) is 309 cm³/mol. The number of hydrogen-bond donors (Lipinski definition) is 0. The van der Waals surface area contributed by atoms with Crippen LogP contribution >= 0.6 is 15.8 Å². The summed E-state index contributed by atoms with van der Waals surface area (Å²) >= 11 is 0. The highest BCUT2D eigenvalue weighted by Gasteiger charge is 2.36. The van der Waals surface area contributed by atoms with Crippen LogP contribution in [0, 0.1) is 0 Å². The van der Waals surface area contributed by atoms with Crippen molar-refractivity contribution in [3.05, 3.63) is 106 Å². The summed E-state index contributed by atoms with van der Waals surface area (Å²) in [6.07, 6.45) is 29.2. The SMILES string of the molecule is CC(C)c1cc(C(C)C)c(-c2ccccc2P(C2CCCCC2)C2CCCCC2)c(C(C)C)c1.CC(C)c1cc(C(C)C)c(-c2ccccc2P(C2CCCCC2)C2CCCCC2)c(C(C)C)c1. The largest absolute Gasteiger partial charge is 0.0683 e. The van der Waals surface area contributed by atoms with Crippen molar-refractivity contribution in [2.24, 2.45) is 0 Å². The second kappa shape index (κ2) is 25.4. The van der Waals surface area contributed by atoms with Gasteiger partial charge < -0.3 is 0 Å². The summed E-state index contributed by atoms with van der Waals surface area (Å²) in [5.41, 5.74) is 19.4. The molecule has 68 heavy (non-hydrogen) atoms. The molecule has 8 rings (SSSR count). The highest BCUT2D eigenvalue weighted by molar-refractivity contribution is 7.67. The molecule has 0 aliphatic heterocycles. The van der Waals surface area contributed by atoms with Gasteiger partial charge in [0.15, 0.2) is 0 Å². The minimum atomic E-state index is -0.120. The van der Waals surface area contributed by atoms with Crippen molar-refractivity contribution < 1.29 is 0 Å². The van der Waals surface area contributed by atoms with Gasteiger partial charge in [0.25, 0.3) is 0 Å². The second-order valence-electron chi connectivity index (χ2n) is 24.1. The lowest BCUT2D eigenvalue weighted by atomic mass is 9.82. The van der Waals surface area contributed by atoms with Gasteiger partial charge in [0.1, 0.15) is 0 Å². The number of benzene rings is 4. The summed E-state index contributed by atoms with van der Waals surface area (Å²) in [4.78, 5) is 0. The highest BCUT2D eigenvalue weighted by Crippen LogP contribution is 2.58. The molecule has 0 radical (unpaired) electrons. The topological polar surface area (TPSA) is 0 Å². The summed E-state index contributed by atoms with van der Waals surface area (Å²) in [5.74, 6) is 3.29. The van der Waals surface area contributed by atoms with Gasteiger partial charge in [-0.3, -0.25) is 0 Å². The molecule has 4 aromatic carbocycles. The lowest BCUT2D eigenvalue weighted by Gasteiger charge is -2.40. The fraction of sp³-hybridized carbons (Fsp3) is 0.636. The molecular weight excluding hydrogens is 855 g/mol. The molecule has 4 aliphatic rings. The zero-order chi connectivity index (χ0) is 48.5. The smallest absolute Gasteiger partial charge is 0.0101 e. The van der Waals surface area contributed by atoms with Gasteiger partial charge in [-0.05, 0) is 176 Å². The van der Waals surface area contributed by atoms with Crippen molar-refractivity contribution >= 4 is 26.5 Å². The summed E-state index contributed by atoms with van der Waals surface area (Å²) in [7, 11) is -0.240. The molecule has 4 aliphatic carbocycles. The Kier molecular flexibility index (Phi) is 20.0. The monoisotopic (exact) mass is 953 g/mol. The number of hydrogen-bond acceptors (Lipinski definition) is 0. The van der Waals surface area contributed by atoms with Crippen LogP contribution in [0.5, 0.6) is 0 Å². The Morgan fingerprint density at radius 3 is 0.765 bits per heavy atom. The van der Waals surface area contributed by atoms with Crippen molar-refractivity contribution in [3.8, 4) is 22.3 Å². The van der Waals surface area contributed by atoms with Crippen LogP contribution in [0.25, 0.3) is 22.3 Å². The normalized spacial score (nSPS) is 18.5. The summed E-state index contributed by atoms with van der Waals surface area (Å²) in [6, 6.07) is 29.7. The molecule has 4 fully saturated rings. The van der Waals surface area contributed by atoms with Crippen molar-refractivity contribution in [1.29, 1.82) is 0 Å². The van der Waals surface area contributed by atoms with E-state index in [1.54, 1.807) is 55.1 Å². The molecule has 4 saturated carbocycles. The van der Waals surface area contributed by atoms with E-state index in [4.69, 9.17) is 0 Å². The Morgan fingerprint density at radius 1 is 0.309 bits per heavy atom. The van der Waals surface area contributed by atoms with E-state index < -0.39 is 0 Å². The molecule has 4 aromatic rings. The van der Waals surface area contributed by atoms with E-state index in [0.29, 0.717) is 35.5 Å². The predicted octanol–water partition coefficient (Wildman–Crippen LogP) is 21.0. The molecule has 2 heteroatoms. The molecule has 0 unspecified atom stereocenters. The molecule has 0 atom stereocenters. The Balaban J connectivity index is 0.000000201. The fourth-order valence-corrected chi connectivity index (χ4v) is 21.1. The number of rotatable bonds is 14. The second-order valence-corrected chi connectivity index (χ2v) is 29.6. The standard InChI is InChI=1S/2C33H49P/c2*1-23(2)26-21-30(24(3)4)33(31(22-26)25(5)6)29-19-13-14-20-32(29)34(27-15-9-7-10-16-27)28-17-11-8-12-18-28/h2*13-14,19-25,27-28H,7-12,15-18H2,1-6H3. The first-order valence-electron chi connectivity index (χ1n) is 28.9. The van der Waals surface area contributed by atoms with E-state index in [2.05, 4.69) is 156 Å². The summed E-state index contributed by atoms with van der Waals surface area (Å²) < 4.78 is 0. The molecule has 0 N–H and O–H groups in total. The molecule has 0 spiro atoms. The van der Waals surface area contributed by atoms with Crippen LogP contribution in [0.15, 0.2) is 72.8 Å². The van der Waals surface area contributed by atoms with Crippen LogP contribution < -0.4 is 10.6 Å². The van der Waals surface area contributed by atoms with Crippen LogP contribution in [-0.2, 0) is 0 Å². The average Bonchev–Trinajstić information content (AvgIpc) is 3.35. The van der Waals surface area contributed by atoms with Gasteiger partial charge >= 0.3 is 0 Å². The third kappa shape index (κ3) is 12.8. The highest BCUT2D eigenvalue weighted by atomic mass is 31.1. The third-order valence-electron chi connectivity index (χ3n) is 17.0. The van der Waals surface area contributed by atoms with Crippen LogP contribution in [0.1, 0.15) is 280 Å². The minimum absolute atomic E-state index is 0.120. The Bertz CT molecular complexity index is 1910. The molecular formula is C66H98P2. The van der Waals surface area contributed by atoms with E-state index in [0.717, 1.165) is 22.6 Å². The van der Waals surface area contributed by atoms with E-state index in [1.165, 1.54) is 140 Å². The summed E-state index contributed by atoms with van der Waals surface area (Å²) in [5, 5.41) is 3.50. The van der Waals surface area contributed by atoms with Gasteiger partial charge in [-0.15, -0.1) is 0 Å². The van der Waals surface area contributed by atoms with E-state index in [1.807, 2.05) is 0 Å². The molecule has 0 amide bonds. The minimum Gasteiger partial charge on any atom is -0.0683 e. The summed E-state index contributed by atoms with van der Waals surface area (Å²) in [6.45, 7) is 28.6. The van der Waals surface area contributed by atoms with Gasteiger partial charge in [-0.25, -0.2) is 0 Å². The maximum Gasteiger partial charge on any atom is -0.0101 e. The quantitative estimate of drug-likeness (QED) is 0.111. The zero-order valence-corrected chi connectivity index (χ0v) is 47.5. The van der Waals surface area contributed by atoms with Crippen LogP contribution in [0.4, 0.5) is 0 Å². The Hall–Kier alpha value is -2.26. The third-order valence-corrected chi connectivity index (χ3v) is 24.1. The van der Waals surface area contributed by atoms with Gasteiger partial charge in [0, 0.05) is 0 Å². The lowest BCUT2D eigenvalue weighted by Crippen LogP contribution is -2.27. The molecule has 0 nitrogen and oxygen atoms in total. The van der Waals surface area contributed by atoms with E-state index >= 15 is 0 Å². The van der Waals surface area contributed by atoms with Crippen LogP contribution in [0.2, 0.25) is 0 Å². The first-order chi connectivity index (χ1) is 32.8. The van der Waals surface area contributed by atoms with Crippen LogP contribution in [-0.4, -0.2) is 22.6 Å². The van der Waals surface area contributed by atoms with Crippen molar-refractivity contribution in [2.45, 2.75) is 270 Å². The van der Waals surface area contributed by atoms with Gasteiger partial charge in [-0.2, -0.15) is 0 Å². The fourth-order valence-electron chi connectivity index (χ4n) is 13.2. The first kappa shape index (κ1) is 53.5. The Labute approximate surface area is 422 Å². The molecule has 0 heterocycles. The molecule has 0 bridgehead atoms. The lowest BCUT2D eigenvalue weighted by molar-refractivity contribution is 0.487. The van der Waals surface area contributed by atoms with E-state index in [9.17, 15) is 0 Å². The van der Waals surface area contributed by atoms with Crippen molar-refractivity contribution in [1.82, 2.24) is 0 Å². The van der Waals surface area contributed by atoms with Crippen molar-refractivity contribution in [3.63, 3.8) is 0 Å². The zero-order valence-electron chi connectivity index (χ0n) is 45.7.